The van der Waals surface area contributed by atoms with E-state index in [9.17, 15) is 4.79 Å². The van der Waals surface area contributed by atoms with Crippen LogP contribution in [0.3, 0.4) is 0 Å². The van der Waals surface area contributed by atoms with Crippen molar-refractivity contribution in [3.05, 3.63) is 23.8 Å². The average Bonchev–Trinajstić information content (AvgIpc) is 2.29. The molecule has 1 fully saturated rings. The van der Waals surface area contributed by atoms with Crippen LogP contribution >= 0.6 is 22.6 Å². The third-order valence-corrected chi connectivity index (χ3v) is 4.14. The third-order valence-electron chi connectivity index (χ3n) is 3.26. The highest BCUT2D eigenvalue weighted by Crippen LogP contribution is 2.35. The minimum atomic E-state index is 0.278. The zero-order chi connectivity index (χ0) is 11.5. The first-order valence-corrected chi connectivity index (χ1v) is 6.73. The van der Waals surface area contributed by atoms with E-state index in [1.165, 1.54) is 0 Å². The minimum Gasteiger partial charge on any atom is -0.287 e. The predicted molar refractivity (Wildman–Crippen MR) is 70.5 cm³/mol. The summed E-state index contributed by atoms with van der Waals surface area (Å²) in [5, 5.41) is 0. The Kier molecular flexibility index (Phi) is 3.89. The van der Waals surface area contributed by atoms with E-state index in [-0.39, 0.29) is 5.92 Å². The second-order valence-corrected chi connectivity index (χ2v) is 5.44. The van der Waals surface area contributed by atoms with Gasteiger partial charge in [-0.3, -0.25) is 4.79 Å². The Hall–Kier alpha value is -0.520. The van der Waals surface area contributed by atoms with Crippen molar-refractivity contribution >= 4 is 26.4 Å². The van der Waals surface area contributed by atoms with Gasteiger partial charge in [0, 0.05) is 23.7 Å². The lowest BCUT2D eigenvalue weighted by Gasteiger charge is -2.26. The molecule has 4 heteroatoms. The summed E-state index contributed by atoms with van der Waals surface area (Å²) < 4.78 is 0.315. The molecule has 0 radical (unpaired) electrons. The summed E-state index contributed by atoms with van der Waals surface area (Å²) in [6.07, 6.45) is 6.00. The zero-order valence-electron chi connectivity index (χ0n) is 9.32. The molecule has 0 bridgehead atoms. The van der Waals surface area contributed by atoms with Gasteiger partial charge in [0.25, 0.3) is 0 Å². The van der Waals surface area contributed by atoms with Crippen LogP contribution < -0.4 is 0 Å². The lowest BCUT2D eigenvalue weighted by Crippen LogP contribution is -2.18. The molecule has 1 aliphatic carbocycles. The second-order valence-electron chi connectivity index (χ2n) is 4.38. The summed E-state index contributed by atoms with van der Waals surface area (Å²) >= 11 is 1.92. The molecule has 3 nitrogen and oxygen atoms in total. The molecule has 0 spiro atoms. The molecular formula is C12H15IN2O. The number of halogens is 1. The predicted octanol–water partition coefficient (Wildman–Crippen LogP) is 3.02. The number of carbonyl (C=O) groups is 1. The first-order chi connectivity index (χ1) is 7.66. The van der Waals surface area contributed by atoms with E-state index < -0.39 is 0 Å². The normalized spacial score (nSPS) is 25.4. The van der Waals surface area contributed by atoms with E-state index in [0.717, 1.165) is 37.2 Å². The molecule has 0 aliphatic heterocycles. The summed E-state index contributed by atoms with van der Waals surface area (Å²) in [5.41, 5.74) is 1.15. The molecule has 1 saturated carbocycles. The molecule has 16 heavy (non-hydrogen) atoms. The van der Waals surface area contributed by atoms with Gasteiger partial charge in [0.15, 0.2) is 3.79 Å². The van der Waals surface area contributed by atoms with Crippen molar-refractivity contribution in [1.29, 1.82) is 0 Å². The number of hydrogen-bond donors (Lipinski definition) is 0. The topological polar surface area (TPSA) is 42.9 Å². The van der Waals surface area contributed by atoms with Crippen LogP contribution in [0, 0.1) is 12.8 Å². The van der Waals surface area contributed by atoms with Gasteiger partial charge in [-0.05, 0) is 61.3 Å². The highest BCUT2D eigenvalue weighted by atomic mass is 127. The van der Waals surface area contributed by atoms with Crippen LogP contribution in [0.2, 0.25) is 0 Å². The fourth-order valence-electron chi connectivity index (χ4n) is 2.32. The van der Waals surface area contributed by atoms with Crippen molar-refractivity contribution in [2.75, 3.05) is 0 Å². The van der Waals surface area contributed by atoms with Crippen LogP contribution in [-0.2, 0) is 4.79 Å². The van der Waals surface area contributed by atoms with Gasteiger partial charge in [-0.25, -0.2) is 9.97 Å². The van der Waals surface area contributed by atoms with E-state index in [4.69, 9.17) is 0 Å². The van der Waals surface area contributed by atoms with E-state index in [1.807, 2.05) is 41.8 Å². The number of rotatable bonds is 2. The quantitative estimate of drug-likeness (QED) is 0.618. The van der Waals surface area contributed by atoms with Gasteiger partial charge in [0.05, 0.1) is 0 Å². The Labute approximate surface area is 109 Å². The molecule has 0 N–H and O–H groups in total. The maximum atomic E-state index is 11.3. The van der Waals surface area contributed by atoms with Crippen molar-refractivity contribution in [3.8, 4) is 0 Å². The molecule has 0 unspecified atom stereocenters. The Morgan fingerprint density at radius 3 is 2.62 bits per heavy atom. The number of nitrogens with zero attached hydrogens (tertiary/aromatic N) is 2. The number of carbonyl (C=O) groups excluding carboxylic acids is 1. The van der Waals surface area contributed by atoms with Crippen LogP contribution in [0.5, 0.6) is 0 Å². The molecule has 1 aliphatic rings. The van der Waals surface area contributed by atoms with Crippen LogP contribution in [0.4, 0.5) is 0 Å². The Morgan fingerprint density at radius 2 is 2.06 bits per heavy atom. The van der Waals surface area contributed by atoms with E-state index >= 15 is 0 Å². The van der Waals surface area contributed by atoms with Crippen LogP contribution in [0.1, 0.15) is 43.1 Å². The summed E-state index contributed by atoms with van der Waals surface area (Å²) in [7, 11) is 0. The highest BCUT2D eigenvalue weighted by Gasteiger charge is 2.26. The van der Waals surface area contributed by atoms with Gasteiger partial charge < -0.3 is 0 Å². The van der Waals surface area contributed by atoms with E-state index in [0.29, 0.717) is 9.71 Å². The number of aryl methyl sites for hydroxylation is 1. The van der Waals surface area contributed by atoms with Crippen LogP contribution in [0.25, 0.3) is 0 Å². The standard InChI is InChI=1S/C12H15IN2O/c1-8-14-7-6-11(15-8)9-2-4-10(5-3-9)12(13)16/h6-7,9-10H,2-5H2,1H3. The summed E-state index contributed by atoms with van der Waals surface area (Å²) in [6, 6.07) is 2.00. The van der Waals surface area contributed by atoms with Gasteiger partial charge in [0.1, 0.15) is 5.82 Å². The maximum absolute atomic E-state index is 11.3. The Balaban J connectivity index is 2.01. The molecule has 1 aromatic heterocycles. The molecule has 0 atom stereocenters. The van der Waals surface area contributed by atoms with Crippen molar-refractivity contribution in [3.63, 3.8) is 0 Å². The SMILES string of the molecule is Cc1nccc(C2CCC(C(=O)I)CC2)n1. The van der Waals surface area contributed by atoms with Crippen LogP contribution in [-0.4, -0.2) is 13.8 Å². The number of hydrogen-bond acceptors (Lipinski definition) is 3. The van der Waals surface area contributed by atoms with Gasteiger partial charge in [-0.1, -0.05) is 0 Å². The van der Waals surface area contributed by atoms with Gasteiger partial charge >= 0.3 is 0 Å². The molecular weight excluding hydrogens is 315 g/mol. The lowest BCUT2D eigenvalue weighted by atomic mass is 9.81. The second kappa shape index (κ2) is 5.21. The fraction of sp³-hybridized carbons (Fsp3) is 0.583. The average molecular weight is 330 g/mol. The molecule has 0 saturated heterocycles. The fourth-order valence-corrected chi connectivity index (χ4v) is 2.94. The monoisotopic (exact) mass is 330 g/mol. The van der Waals surface area contributed by atoms with E-state index in [2.05, 4.69) is 9.97 Å². The zero-order valence-corrected chi connectivity index (χ0v) is 11.5. The van der Waals surface area contributed by atoms with Gasteiger partial charge in [0.2, 0.25) is 0 Å². The van der Waals surface area contributed by atoms with Crippen molar-refractivity contribution in [1.82, 2.24) is 9.97 Å². The molecule has 0 aromatic carbocycles. The summed E-state index contributed by atoms with van der Waals surface area (Å²) in [4.78, 5) is 19.8. The smallest absolute Gasteiger partial charge is 0.195 e. The van der Waals surface area contributed by atoms with Crippen molar-refractivity contribution < 1.29 is 4.79 Å². The maximum Gasteiger partial charge on any atom is 0.195 e. The molecule has 86 valence electrons. The molecule has 2 rings (SSSR count). The largest absolute Gasteiger partial charge is 0.287 e. The van der Waals surface area contributed by atoms with E-state index in [1.54, 1.807) is 0 Å². The van der Waals surface area contributed by atoms with Crippen molar-refractivity contribution in [2.45, 2.75) is 38.5 Å². The van der Waals surface area contributed by atoms with Crippen LogP contribution in [0.15, 0.2) is 12.3 Å². The molecule has 0 amide bonds. The lowest BCUT2D eigenvalue weighted by molar-refractivity contribution is -0.113. The first kappa shape index (κ1) is 12.0. The van der Waals surface area contributed by atoms with Crippen molar-refractivity contribution in [2.24, 2.45) is 5.92 Å². The highest BCUT2D eigenvalue weighted by molar-refractivity contribution is 14.1. The molecule has 1 aromatic rings. The Bertz CT molecular complexity index is 386. The number of aromatic nitrogens is 2. The summed E-state index contributed by atoms with van der Waals surface area (Å²) in [5.74, 6) is 1.64. The Morgan fingerprint density at radius 1 is 1.38 bits per heavy atom. The molecule has 1 heterocycles. The van der Waals surface area contributed by atoms with Gasteiger partial charge in [-0.2, -0.15) is 0 Å². The third kappa shape index (κ3) is 2.78. The first-order valence-electron chi connectivity index (χ1n) is 5.65. The minimum absolute atomic E-state index is 0.278. The van der Waals surface area contributed by atoms with Gasteiger partial charge in [-0.15, -0.1) is 0 Å². The summed E-state index contributed by atoms with van der Waals surface area (Å²) in [6.45, 7) is 1.92.